The third-order valence-corrected chi connectivity index (χ3v) is 7.12. The van der Waals surface area contributed by atoms with Crippen molar-refractivity contribution in [2.24, 2.45) is 0 Å². The van der Waals surface area contributed by atoms with Crippen LogP contribution in [0.15, 0.2) is 113 Å². The van der Waals surface area contributed by atoms with E-state index in [1.165, 1.54) is 6.33 Å². The minimum absolute atomic E-state index is 0.186. The van der Waals surface area contributed by atoms with Gasteiger partial charge in [-0.05, 0) is 53.2 Å². The second kappa shape index (κ2) is 9.24. The van der Waals surface area contributed by atoms with Gasteiger partial charge in [0.15, 0.2) is 0 Å². The molecule has 0 radical (unpaired) electrons. The molecule has 0 aliphatic carbocycles. The zero-order valence-electron chi connectivity index (χ0n) is 17.8. The number of benzene rings is 4. The van der Waals surface area contributed by atoms with Crippen LogP contribution in [0.4, 0.5) is 17.2 Å². The summed E-state index contributed by atoms with van der Waals surface area (Å²) in [5, 5.41) is 5.53. The topological polar surface area (TPSA) is 84.0 Å². The number of anilines is 3. The van der Waals surface area contributed by atoms with E-state index in [9.17, 15) is 8.42 Å². The zero-order valence-corrected chi connectivity index (χ0v) is 20.2. The van der Waals surface area contributed by atoms with Gasteiger partial charge in [0.25, 0.3) is 10.0 Å². The Morgan fingerprint density at radius 3 is 2.29 bits per heavy atom. The fourth-order valence-corrected chi connectivity index (χ4v) is 5.29. The molecule has 1 aromatic heterocycles. The lowest BCUT2D eigenvalue weighted by Gasteiger charge is -2.11. The molecule has 0 atom stereocenters. The molecule has 2 N–H and O–H groups in total. The molecule has 0 aliphatic rings. The van der Waals surface area contributed by atoms with Crippen molar-refractivity contribution in [3.63, 3.8) is 0 Å². The summed E-state index contributed by atoms with van der Waals surface area (Å²) in [6.07, 6.45) is 1.53. The third kappa shape index (κ3) is 4.78. The van der Waals surface area contributed by atoms with Gasteiger partial charge in [0.1, 0.15) is 12.1 Å². The van der Waals surface area contributed by atoms with E-state index in [4.69, 9.17) is 0 Å². The van der Waals surface area contributed by atoms with E-state index in [0.717, 1.165) is 27.7 Å². The number of sulfonamides is 1. The highest BCUT2D eigenvalue weighted by atomic mass is 79.9. The highest BCUT2D eigenvalue weighted by molar-refractivity contribution is 9.10. The van der Waals surface area contributed by atoms with Crippen LogP contribution in [0.1, 0.15) is 0 Å². The molecule has 8 heteroatoms. The van der Waals surface area contributed by atoms with E-state index in [0.29, 0.717) is 16.0 Å². The minimum Gasteiger partial charge on any atom is -0.340 e. The molecule has 0 fully saturated rings. The first-order chi connectivity index (χ1) is 16.5. The fourth-order valence-electron chi connectivity index (χ4n) is 3.64. The summed E-state index contributed by atoms with van der Waals surface area (Å²) in [5.74, 6) is 0.639. The normalized spacial score (nSPS) is 11.3. The lowest BCUT2D eigenvalue weighted by molar-refractivity contribution is 0.601. The molecular formula is C26H19BrN4O2S. The van der Waals surface area contributed by atoms with Gasteiger partial charge in [0, 0.05) is 27.5 Å². The van der Waals surface area contributed by atoms with Crippen LogP contribution in [0.5, 0.6) is 0 Å². The maximum Gasteiger partial charge on any atom is 0.261 e. The largest absolute Gasteiger partial charge is 0.340 e. The van der Waals surface area contributed by atoms with E-state index in [2.05, 4.69) is 54.1 Å². The summed E-state index contributed by atoms with van der Waals surface area (Å²) in [7, 11) is -3.68. The van der Waals surface area contributed by atoms with Crippen molar-refractivity contribution < 1.29 is 8.42 Å². The second-order valence-electron chi connectivity index (χ2n) is 7.58. The van der Waals surface area contributed by atoms with Crippen LogP contribution in [0.25, 0.3) is 22.0 Å². The highest BCUT2D eigenvalue weighted by Gasteiger charge is 2.14. The SMILES string of the molecule is O=S(=O)(Nc1ccc(Nc2cc(-c3cccc4ccccc34)ncn2)cc1)c1cccc(Br)c1. The summed E-state index contributed by atoms with van der Waals surface area (Å²) in [4.78, 5) is 8.98. The average Bonchev–Trinajstić information content (AvgIpc) is 2.85. The lowest BCUT2D eigenvalue weighted by Crippen LogP contribution is -2.12. The molecule has 5 rings (SSSR count). The molecule has 0 amide bonds. The van der Waals surface area contributed by atoms with E-state index in [1.54, 1.807) is 48.5 Å². The highest BCUT2D eigenvalue weighted by Crippen LogP contribution is 2.29. The van der Waals surface area contributed by atoms with E-state index < -0.39 is 10.0 Å². The first-order valence-corrected chi connectivity index (χ1v) is 12.7. The van der Waals surface area contributed by atoms with Crippen molar-refractivity contribution in [3.05, 3.63) is 108 Å². The predicted octanol–water partition coefficient (Wildman–Crippen LogP) is 6.60. The average molecular weight is 531 g/mol. The Balaban J connectivity index is 1.35. The van der Waals surface area contributed by atoms with Gasteiger partial charge in [-0.3, -0.25) is 4.72 Å². The summed E-state index contributed by atoms with van der Waals surface area (Å²) in [6.45, 7) is 0. The molecule has 0 aliphatic heterocycles. The zero-order chi connectivity index (χ0) is 23.5. The maximum atomic E-state index is 12.6. The Labute approximate surface area is 205 Å². The first kappa shape index (κ1) is 22.1. The van der Waals surface area contributed by atoms with Crippen LogP contribution in [0.2, 0.25) is 0 Å². The lowest BCUT2D eigenvalue weighted by atomic mass is 10.0. The van der Waals surface area contributed by atoms with Gasteiger partial charge in [-0.15, -0.1) is 0 Å². The van der Waals surface area contributed by atoms with Crippen molar-refractivity contribution in [3.8, 4) is 11.3 Å². The molecule has 6 nitrogen and oxygen atoms in total. The molecule has 0 saturated carbocycles. The Morgan fingerprint density at radius 2 is 1.47 bits per heavy atom. The Bertz CT molecular complexity index is 1580. The smallest absolute Gasteiger partial charge is 0.261 e. The second-order valence-corrected chi connectivity index (χ2v) is 10.2. The van der Waals surface area contributed by atoms with Crippen LogP contribution in [0.3, 0.4) is 0 Å². The Kier molecular flexibility index (Phi) is 6.00. The van der Waals surface area contributed by atoms with Crippen LogP contribution in [-0.2, 0) is 10.0 Å². The first-order valence-electron chi connectivity index (χ1n) is 10.4. The summed E-state index contributed by atoms with van der Waals surface area (Å²) < 4.78 is 28.6. The molecule has 34 heavy (non-hydrogen) atoms. The minimum atomic E-state index is -3.68. The van der Waals surface area contributed by atoms with E-state index in [1.807, 2.05) is 30.3 Å². The molecule has 1 heterocycles. The fraction of sp³-hybridized carbons (Fsp3) is 0. The van der Waals surface area contributed by atoms with Crippen LogP contribution in [-0.4, -0.2) is 18.4 Å². The summed E-state index contributed by atoms with van der Waals surface area (Å²) in [6, 6.07) is 29.7. The van der Waals surface area contributed by atoms with Crippen LogP contribution in [0, 0.1) is 0 Å². The van der Waals surface area contributed by atoms with Crippen LogP contribution < -0.4 is 10.0 Å². The summed E-state index contributed by atoms with van der Waals surface area (Å²) in [5.41, 5.74) is 3.08. The molecule has 5 aromatic rings. The third-order valence-electron chi connectivity index (χ3n) is 5.25. The van der Waals surface area contributed by atoms with Crippen LogP contribution >= 0.6 is 15.9 Å². The van der Waals surface area contributed by atoms with Gasteiger partial charge >= 0.3 is 0 Å². The van der Waals surface area contributed by atoms with Crippen molar-refractivity contribution >= 4 is 53.9 Å². The summed E-state index contributed by atoms with van der Waals surface area (Å²) >= 11 is 3.30. The Hall–Kier alpha value is -3.75. The monoisotopic (exact) mass is 530 g/mol. The number of fused-ring (bicyclic) bond motifs is 1. The van der Waals surface area contributed by atoms with Crippen molar-refractivity contribution in [1.82, 2.24) is 9.97 Å². The molecule has 168 valence electrons. The molecule has 0 spiro atoms. The number of nitrogens with one attached hydrogen (secondary N) is 2. The maximum absolute atomic E-state index is 12.6. The van der Waals surface area contributed by atoms with Gasteiger partial charge in [-0.2, -0.15) is 0 Å². The van der Waals surface area contributed by atoms with Crippen molar-refractivity contribution in [2.45, 2.75) is 4.90 Å². The number of rotatable bonds is 6. The van der Waals surface area contributed by atoms with Crippen molar-refractivity contribution in [1.29, 1.82) is 0 Å². The molecular weight excluding hydrogens is 512 g/mol. The number of nitrogens with zero attached hydrogens (tertiary/aromatic N) is 2. The van der Waals surface area contributed by atoms with Gasteiger partial charge in [0.05, 0.1) is 10.6 Å². The standard InChI is InChI=1S/C26H19BrN4O2S/c27-19-7-4-8-22(15-19)34(32,33)31-21-13-11-20(12-14-21)30-26-16-25(28-17-29-26)24-10-3-6-18-5-1-2-9-23(18)24/h1-17,31H,(H,28,29,30). The van der Waals surface area contributed by atoms with E-state index in [-0.39, 0.29) is 4.90 Å². The van der Waals surface area contributed by atoms with Gasteiger partial charge in [-0.1, -0.05) is 64.5 Å². The number of hydrogen-bond acceptors (Lipinski definition) is 5. The van der Waals surface area contributed by atoms with Gasteiger partial charge in [-0.25, -0.2) is 18.4 Å². The predicted molar refractivity (Wildman–Crippen MR) is 140 cm³/mol. The molecule has 0 unspecified atom stereocenters. The van der Waals surface area contributed by atoms with Gasteiger partial charge < -0.3 is 5.32 Å². The number of hydrogen-bond donors (Lipinski definition) is 2. The number of halogens is 1. The molecule has 4 aromatic carbocycles. The van der Waals surface area contributed by atoms with E-state index >= 15 is 0 Å². The Morgan fingerprint density at radius 1 is 0.735 bits per heavy atom. The molecule has 0 bridgehead atoms. The van der Waals surface area contributed by atoms with Gasteiger partial charge in [0.2, 0.25) is 0 Å². The number of aromatic nitrogens is 2. The molecule has 0 saturated heterocycles. The quantitative estimate of drug-likeness (QED) is 0.258. The van der Waals surface area contributed by atoms with Crippen molar-refractivity contribution in [2.75, 3.05) is 10.0 Å².